The number of aromatic nitrogens is 4. The van der Waals surface area contributed by atoms with Crippen LogP contribution in [0.15, 0.2) is 30.6 Å². The van der Waals surface area contributed by atoms with Crippen molar-refractivity contribution in [2.24, 2.45) is 0 Å². The molecule has 0 saturated heterocycles. The predicted octanol–water partition coefficient (Wildman–Crippen LogP) is 2.57. The molecule has 0 aliphatic heterocycles. The average Bonchev–Trinajstić information content (AvgIpc) is 3.11. The van der Waals surface area contributed by atoms with E-state index < -0.39 is 11.6 Å². The average molecular weight is 347 g/mol. The number of aliphatic hydroxyl groups excluding tert-OH is 1. The molecule has 0 aliphatic carbocycles. The number of nitrogens with one attached hydrogen (secondary N) is 1. The summed E-state index contributed by atoms with van der Waals surface area (Å²) in [7, 11) is 0. The van der Waals surface area contributed by atoms with Crippen molar-refractivity contribution in [2.75, 3.05) is 11.9 Å². The van der Waals surface area contributed by atoms with Gasteiger partial charge in [-0.15, -0.1) is 0 Å². The van der Waals surface area contributed by atoms with E-state index in [0.717, 1.165) is 28.7 Å². The van der Waals surface area contributed by atoms with Gasteiger partial charge in [0, 0.05) is 30.1 Å². The normalized spacial score (nSPS) is 11.1. The summed E-state index contributed by atoms with van der Waals surface area (Å²) in [6.07, 6.45) is 3.47. The van der Waals surface area contributed by atoms with Crippen molar-refractivity contribution >= 4 is 5.69 Å². The first kappa shape index (κ1) is 17.1. The van der Waals surface area contributed by atoms with Gasteiger partial charge in [0.2, 0.25) is 0 Å². The lowest BCUT2D eigenvalue weighted by Crippen LogP contribution is -2.05. The van der Waals surface area contributed by atoms with Crippen molar-refractivity contribution in [1.82, 2.24) is 19.6 Å². The highest BCUT2D eigenvalue weighted by Gasteiger charge is 2.15. The number of rotatable bonds is 6. The highest BCUT2D eigenvalue weighted by Crippen LogP contribution is 2.21. The Morgan fingerprint density at radius 3 is 2.76 bits per heavy atom. The topological polar surface area (TPSA) is 67.9 Å². The molecule has 2 N–H and O–H groups in total. The molecular formula is C17H19F2N5O. The van der Waals surface area contributed by atoms with Gasteiger partial charge in [-0.05, 0) is 26.0 Å². The summed E-state index contributed by atoms with van der Waals surface area (Å²) in [5, 5.41) is 20.7. The first-order valence-corrected chi connectivity index (χ1v) is 7.87. The third-order valence-electron chi connectivity index (χ3n) is 4.01. The number of aliphatic hydroxyl groups is 1. The minimum Gasteiger partial charge on any atom is -0.394 e. The van der Waals surface area contributed by atoms with E-state index in [4.69, 9.17) is 5.11 Å². The van der Waals surface area contributed by atoms with Crippen LogP contribution in [0.25, 0.3) is 5.69 Å². The van der Waals surface area contributed by atoms with Crippen LogP contribution in [0.3, 0.4) is 0 Å². The third kappa shape index (κ3) is 3.53. The summed E-state index contributed by atoms with van der Waals surface area (Å²) < 4.78 is 30.3. The maximum atomic E-state index is 14.0. The van der Waals surface area contributed by atoms with Crippen LogP contribution in [0.5, 0.6) is 0 Å². The van der Waals surface area contributed by atoms with E-state index in [1.807, 2.05) is 13.8 Å². The van der Waals surface area contributed by atoms with Gasteiger partial charge < -0.3 is 10.4 Å². The van der Waals surface area contributed by atoms with Crippen molar-refractivity contribution in [2.45, 2.75) is 26.9 Å². The van der Waals surface area contributed by atoms with Gasteiger partial charge in [0.05, 0.1) is 30.7 Å². The lowest BCUT2D eigenvalue weighted by molar-refractivity contribution is 0.269. The van der Waals surface area contributed by atoms with E-state index in [1.165, 1.54) is 16.8 Å². The predicted molar refractivity (Wildman–Crippen MR) is 89.6 cm³/mol. The molecule has 0 fully saturated rings. The van der Waals surface area contributed by atoms with Gasteiger partial charge in [-0.3, -0.25) is 4.68 Å². The molecule has 8 heteroatoms. The fourth-order valence-corrected chi connectivity index (χ4v) is 2.69. The second-order valence-electron chi connectivity index (χ2n) is 5.73. The van der Waals surface area contributed by atoms with Gasteiger partial charge >= 0.3 is 0 Å². The molecule has 1 aromatic carbocycles. The highest BCUT2D eigenvalue weighted by atomic mass is 19.1. The number of nitrogens with zero attached hydrogens (tertiary/aromatic N) is 4. The molecule has 25 heavy (non-hydrogen) atoms. The summed E-state index contributed by atoms with van der Waals surface area (Å²) in [4.78, 5) is 0. The zero-order valence-corrected chi connectivity index (χ0v) is 14.0. The zero-order valence-electron chi connectivity index (χ0n) is 14.0. The summed E-state index contributed by atoms with van der Waals surface area (Å²) >= 11 is 0. The monoisotopic (exact) mass is 347 g/mol. The second kappa shape index (κ2) is 7.02. The summed E-state index contributed by atoms with van der Waals surface area (Å²) in [6.45, 7) is 4.63. The first-order chi connectivity index (χ1) is 12.0. The Morgan fingerprint density at radius 2 is 2.04 bits per heavy atom. The smallest absolute Gasteiger partial charge is 0.151 e. The molecule has 132 valence electrons. The van der Waals surface area contributed by atoms with Gasteiger partial charge in [-0.2, -0.15) is 10.2 Å². The number of hydrogen-bond donors (Lipinski definition) is 2. The third-order valence-corrected chi connectivity index (χ3v) is 4.01. The lowest BCUT2D eigenvalue weighted by Gasteiger charge is -2.07. The fraction of sp³-hybridized carbons (Fsp3) is 0.294. The number of hydrogen-bond acceptors (Lipinski definition) is 4. The molecule has 0 amide bonds. The van der Waals surface area contributed by atoms with Gasteiger partial charge in [0.1, 0.15) is 11.5 Å². The van der Waals surface area contributed by atoms with Gasteiger partial charge in [-0.25, -0.2) is 13.5 Å². The Hall–Kier alpha value is -2.74. The van der Waals surface area contributed by atoms with E-state index in [1.54, 1.807) is 17.1 Å². The first-order valence-electron chi connectivity index (χ1n) is 7.87. The van der Waals surface area contributed by atoms with E-state index >= 15 is 0 Å². The molecule has 0 saturated carbocycles. The van der Waals surface area contributed by atoms with Crippen molar-refractivity contribution in [3.05, 3.63) is 59.2 Å². The number of anilines is 1. The van der Waals surface area contributed by atoms with Crippen molar-refractivity contribution in [1.29, 1.82) is 0 Å². The maximum absolute atomic E-state index is 14.0. The van der Waals surface area contributed by atoms with Crippen LogP contribution >= 0.6 is 0 Å². The highest BCUT2D eigenvalue weighted by molar-refractivity contribution is 5.43. The van der Waals surface area contributed by atoms with E-state index in [2.05, 4.69) is 15.5 Å². The van der Waals surface area contributed by atoms with Crippen LogP contribution in [0.4, 0.5) is 14.5 Å². The Bertz CT molecular complexity index is 887. The minimum atomic E-state index is -0.657. The van der Waals surface area contributed by atoms with Crippen molar-refractivity contribution < 1.29 is 13.9 Å². The van der Waals surface area contributed by atoms with Crippen LogP contribution in [0.2, 0.25) is 0 Å². The number of benzene rings is 1. The summed E-state index contributed by atoms with van der Waals surface area (Å²) in [6, 6.07) is 3.43. The molecule has 0 spiro atoms. The molecule has 6 nitrogen and oxygen atoms in total. The molecular weight excluding hydrogens is 328 g/mol. The molecule has 0 aliphatic rings. The largest absolute Gasteiger partial charge is 0.394 e. The zero-order chi connectivity index (χ0) is 18.0. The Morgan fingerprint density at radius 1 is 1.24 bits per heavy atom. The Balaban J connectivity index is 1.81. The minimum absolute atomic E-state index is 0.0232. The van der Waals surface area contributed by atoms with Crippen LogP contribution in [0.1, 0.15) is 17.0 Å². The standard InChI is InChI=1S/C17H19F2N5O/c1-11-15(9-20-14-8-21-23(10-14)5-6-25)12(2)24(22-11)17-4-3-13(18)7-16(17)19/h3-4,7-8,10,20,25H,5-6,9H2,1-2H3. The van der Waals surface area contributed by atoms with Crippen molar-refractivity contribution in [3.63, 3.8) is 0 Å². The molecule has 3 rings (SSSR count). The number of aryl methyl sites for hydroxylation is 1. The quantitative estimate of drug-likeness (QED) is 0.719. The summed E-state index contributed by atoms with van der Waals surface area (Å²) in [5.41, 5.74) is 3.49. The fourth-order valence-electron chi connectivity index (χ4n) is 2.69. The molecule has 2 aromatic heterocycles. The van der Waals surface area contributed by atoms with Crippen LogP contribution in [-0.2, 0) is 13.1 Å². The van der Waals surface area contributed by atoms with E-state index in [-0.39, 0.29) is 12.3 Å². The van der Waals surface area contributed by atoms with E-state index in [9.17, 15) is 8.78 Å². The van der Waals surface area contributed by atoms with Crippen LogP contribution < -0.4 is 5.32 Å². The Kier molecular flexibility index (Phi) is 4.80. The molecule has 0 bridgehead atoms. The van der Waals surface area contributed by atoms with E-state index in [0.29, 0.717) is 13.1 Å². The number of halogens is 2. The lowest BCUT2D eigenvalue weighted by atomic mass is 10.2. The van der Waals surface area contributed by atoms with Gasteiger partial charge in [0.15, 0.2) is 5.82 Å². The summed E-state index contributed by atoms with van der Waals surface area (Å²) in [5.74, 6) is -1.28. The second-order valence-corrected chi connectivity index (χ2v) is 5.73. The molecule has 3 aromatic rings. The maximum Gasteiger partial charge on any atom is 0.151 e. The van der Waals surface area contributed by atoms with Crippen LogP contribution in [0, 0.1) is 25.5 Å². The van der Waals surface area contributed by atoms with Crippen molar-refractivity contribution in [3.8, 4) is 5.69 Å². The SMILES string of the molecule is Cc1nn(-c2ccc(F)cc2F)c(C)c1CNc1cnn(CCO)c1. The van der Waals surface area contributed by atoms with Gasteiger partial charge in [-0.1, -0.05) is 0 Å². The Labute approximate surface area is 143 Å². The van der Waals surface area contributed by atoms with Crippen LogP contribution in [-0.4, -0.2) is 31.3 Å². The molecule has 0 unspecified atom stereocenters. The van der Waals surface area contributed by atoms with Gasteiger partial charge in [0.25, 0.3) is 0 Å². The molecule has 2 heterocycles. The molecule has 0 radical (unpaired) electrons. The molecule has 0 atom stereocenters.